The summed E-state index contributed by atoms with van der Waals surface area (Å²) in [6.45, 7) is 3.88. The van der Waals surface area contributed by atoms with E-state index in [4.69, 9.17) is 9.05 Å². The van der Waals surface area contributed by atoms with Crippen LogP contribution in [0.4, 0.5) is 0 Å². The summed E-state index contributed by atoms with van der Waals surface area (Å²) in [6.07, 6.45) is 25.8. The molecule has 0 heterocycles. The number of rotatable bonds is 40. The standard InChI is InChI=1S/C45H90NO11P/c1-3-5-7-9-11-13-15-16-17-18-19-20-21-22-23-24-25-27-29-31-33-35-39(48)46-37(38(47)34-32-30-28-26-14-12-10-8-6-4-2)36-56-58(54,55)57-45-43(52)41(50)40(49)42(51)44(45)53/h37-38,40-45,47,49-53H,3-36H2,1-2H3,(H,46,48)(H,54,55)/t37-,38+,40?,41+,42?,43?,44?,45?/m0/s1. The smallest absolute Gasteiger partial charge is 0.391 e. The Labute approximate surface area is 353 Å². The Morgan fingerprint density at radius 1 is 0.517 bits per heavy atom. The first-order valence-corrected chi connectivity index (χ1v) is 25.5. The molecule has 1 saturated carbocycles. The quantitative estimate of drug-likeness (QED) is 0.0216. The number of unbranched alkanes of at least 4 members (excludes halogenated alkanes) is 29. The zero-order valence-corrected chi connectivity index (χ0v) is 37.8. The lowest BCUT2D eigenvalue weighted by molar-refractivity contribution is -0.220. The lowest BCUT2D eigenvalue weighted by Gasteiger charge is -2.41. The third-order valence-electron chi connectivity index (χ3n) is 11.9. The molecule has 346 valence electrons. The highest BCUT2D eigenvalue weighted by Crippen LogP contribution is 2.47. The van der Waals surface area contributed by atoms with Gasteiger partial charge in [0.1, 0.15) is 36.6 Å². The molecule has 0 aromatic rings. The summed E-state index contributed by atoms with van der Waals surface area (Å²) in [7, 11) is -5.05. The summed E-state index contributed by atoms with van der Waals surface area (Å²) in [6, 6.07) is -1.02. The third kappa shape index (κ3) is 27.3. The fraction of sp³-hybridized carbons (Fsp3) is 0.978. The van der Waals surface area contributed by atoms with Crippen molar-refractivity contribution in [1.29, 1.82) is 0 Å². The van der Waals surface area contributed by atoms with Crippen LogP contribution in [0.25, 0.3) is 0 Å². The fourth-order valence-electron chi connectivity index (χ4n) is 7.97. The Kier molecular flexibility index (Phi) is 34.3. The molecule has 1 aliphatic carbocycles. The Bertz CT molecular complexity index is 994. The van der Waals surface area contributed by atoms with Crippen molar-refractivity contribution in [2.24, 2.45) is 0 Å². The number of aliphatic hydroxyl groups excluding tert-OH is 6. The normalized spacial score (nSPS) is 23.1. The number of hydrogen-bond donors (Lipinski definition) is 8. The molecule has 0 bridgehead atoms. The van der Waals surface area contributed by atoms with Crippen LogP contribution < -0.4 is 5.32 Å². The second kappa shape index (κ2) is 35.9. The van der Waals surface area contributed by atoms with E-state index in [0.29, 0.717) is 19.3 Å². The van der Waals surface area contributed by atoms with E-state index >= 15 is 0 Å². The molecule has 0 saturated heterocycles. The number of aliphatic hydroxyl groups is 6. The van der Waals surface area contributed by atoms with E-state index in [-0.39, 0.29) is 12.3 Å². The number of hydrogen-bond acceptors (Lipinski definition) is 10. The van der Waals surface area contributed by atoms with Crippen molar-refractivity contribution >= 4 is 13.7 Å². The van der Waals surface area contributed by atoms with Crippen LogP contribution in [0.1, 0.15) is 226 Å². The van der Waals surface area contributed by atoms with E-state index in [2.05, 4.69) is 19.2 Å². The van der Waals surface area contributed by atoms with Gasteiger partial charge in [0.2, 0.25) is 5.91 Å². The molecule has 58 heavy (non-hydrogen) atoms. The van der Waals surface area contributed by atoms with E-state index in [1.807, 2.05) is 0 Å². The lowest BCUT2D eigenvalue weighted by Crippen LogP contribution is -2.64. The van der Waals surface area contributed by atoms with Crippen LogP contribution in [-0.4, -0.2) is 96.8 Å². The van der Waals surface area contributed by atoms with Gasteiger partial charge in [0.25, 0.3) is 0 Å². The van der Waals surface area contributed by atoms with Crippen LogP contribution in [0.15, 0.2) is 0 Å². The van der Waals surface area contributed by atoms with Gasteiger partial charge in [0, 0.05) is 6.42 Å². The molecule has 0 aromatic heterocycles. The maximum absolute atomic E-state index is 12.9. The van der Waals surface area contributed by atoms with Gasteiger partial charge < -0.3 is 40.8 Å². The minimum absolute atomic E-state index is 0.242. The maximum atomic E-state index is 12.9. The first-order valence-electron chi connectivity index (χ1n) is 24.0. The van der Waals surface area contributed by atoms with Gasteiger partial charge in [-0.25, -0.2) is 4.57 Å². The molecule has 0 radical (unpaired) electrons. The van der Waals surface area contributed by atoms with E-state index in [1.54, 1.807) is 0 Å². The molecule has 6 unspecified atom stereocenters. The average Bonchev–Trinajstić information content (AvgIpc) is 3.20. The van der Waals surface area contributed by atoms with E-state index in [9.17, 15) is 44.9 Å². The monoisotopic (exact) mass is 852 g/mol. The minimum Gasteiger partial charge on any atom is -0.391 e. The molecule has 13 heteroatoms. The Morgan fingerprint density at radius 3 is 1.19 bits per heavy atom. The topological polar surface area (TPSA) is 206 Å². The number of phosphoric acid groups is 1. The van der Waals surface area contributed by atoms with Gasteiger partial charge >= 0.3 is 7.82 Å². The highest BCUT2D eigenvalue weighted by molar-refractivity contribution is 7.47. The molecule has 0 spiro atoms. The van der Waals surface area contributed by atoms with Gasteiger partial charge in [-0.3, -0.25) is 13.8 Å². The average molecular weight is 852 g/mol. The van der Waals surface area contributed by atoms with Crippen LogP contribution in [0.2, 0.25) is 0 Å². The molecule has 9 atom stereocenters. The molecule has 1 aliphatic rings. The van der Waals surface area contributed by atoms with Crippen molar-refractivity contribution in [3.05, 3.63) is 0 Å². The summed E-state index contributed by atoms with van der Waals surface area (Å²) in [5, 5.41) is 64.0. The second-order valence-electron chi connectivity index (χ2n) is 17.3. The summed E-state index contributed by atoms with van der Waals surface area (Å²) >= 11 is 0. The molecule has 1 rings (SSSR count). The van der Waals surface area contributed by atoms with Crippen molar-refractivity contribution < 1.29 is 53.9 Å². The molecular weight excluding hydrogens is 761 g/mol. The first-order chi connectivity index (χ1) is 27.9. The summed E-state index contributed by atoms with van der Waals surface area (Å²) in [4.78, 5) is 23.4. The summed E-state index contributed by atoms with van der Waals surface area (Å²) in [5.41, 5.74) is 0. The van der Waals surface area contributed by atoms with Crippen LogP contribution >= 0.6 is 7.82 Å². The Hall–Kier alpha value is -0.660. The van der Waals surface area contributed by atoms with Crippen molar-refractivity contribution in [2.75, 3.05) is 6.61 Å². The predicted molar refractivity (Wildman–Crippen MR) is 232 cm³/mol. The second-order valence-corrected chi connectivity index (χ2v) is 18.7. The van der Waals surface area contributed by atoms with Crippen LogP contribution in [0.3, 0.4) is 0 Å². The molecule has 8 N–H and O–H groups in total. The van der Waals surface area contributed by atoms with Crippen LogP contribution in [0, 0.1) is 0 Å². The lowest BCUT2D eigenvalue weighted by atomic mass is 9.85. The van der Waals surface area contributed by atoms with E-state index in [1.165, 1.54) is 148 Å². The maximum Gasteiger partial charge on any atom is 0.472 e. The molecule has 0 aliphatic heterocycles. The van der Waals surface area contributed by atoms with Crippen molar-refractivity contribution in [2.45, 2.75) is 275 Å². The largest absolute Gasteiger partial charge is 0.472 e. The number of nitrogens with one attached hydrogen (secondary N) is 1. The molecular formula is C45H90NO11P. The van der Waals surface area contributed by atoms with Crippen LogP contribution in [0.5, 0.6) is 0 Å². The number of amides is 1. The molecule has 0 aromatic carbocycles. The van der Waals surface area contributed by atoms with Gasteiger partial charge in [-0.1, -0.05) is 206 Å². The Balaban J connectivity index is 2.36. The first kappa shape index (κ1) is 55.4. The van der Waals surface area contributed by atoms with Crippen LogP contribution in [-0.2, 0) is 18.4 Å². The molecule has 1 amide bonds. The Morgan fingerprint density at radius 2 is 0.828 bits per heavy atom. The summed E-state index contributed by atoms with van der Waals surface area (Å²) < 4.78 is 22.9. The fourth-order valence-corrected chi connectivity index (χ4v) is 8.93. The van der Waals surface area contributed by atoms with Crippen molar-refractivity contribution in [3.63, 3.8) is 0 Å². The minimum atomic E-state index is -5.05. The van der Waals surface area contributed by atoms with Gasteiger partial charge in [-0.2, -0.15) is 0 Å². The highest BCUT2D eigenvalue weighted by Gasteiger charge is 2.51. The van der Waals surface area contributed by atoms with Gasteiger partial charge in [-0.15, -0.1) is 0 Å². The van der Waals surface area contributed by atoms with E-state index < -0.39 is 63.2 Å². The van der Waals surface area contributed by atoms with Crippen molar-refractivity contribution in [1.82, 2.24) is 5.32 Å². The predicted octanol–water partition coefficient (Wildman–Crippen LogP) is 9.07. The van der Waals surface area contributed by atoms with Gasteiger partial charge in [0.15, 0.2) is 0 Å². The summed E-state index contributed by atoms with van der Waals surface area (Å²) in [5.74, 6) is -0.305. The zero-order valence-electron chi connectivity index (χ0n) is 36.9. The third-order valence-corrected chi connectivity index (χ3v) is 12.9. The van der Waals surface area contributed by atoms with Crippen molar-refractivity contribution in [3.8, 4) is 0 Å². The van der Waals surface area contributed by atoms with Gasteiger partial charge in [0.05, 0.1) is 18.8 Å². The molecule has 1 fully saturated rings. The van der Waals surface area contributed by atoms with E-state index in [0.717, 1.165) is 38.5 Å². The number of carbonyl (C=O) groups is 1. The number of carbonyl (C=O) groups excluding carboxylic acids is 1. The number of phosphoric ester groups is 1. The highest BCUT2D eigenvalue weighted by atomic mass is 31.2. The SMILES string of the molecule is CCCCCCCCCCCCCCCCCCCCCCCC(=O)N[C@@H](COP(=O)(O)OC1C(O)C(O)C(O)[C@@H](O)C1O)[C@H](O)CCCCCCCCCCCC. The molecule has 12 nitrogen and oxygen atoms in total. The zero-order chi connectivity index (χ0) is 42.9. The van der Waals surface area contributed by atoms with Gasteiger partial charge in [-0.05, 0) is 12.8 Å².